The molecule has 10 saturated heterocycles. The molecule has 11 heteroatoms. The maximum Gasteiger partial charge on any atom is 0.172 e. The first-order valence-electron chi connectivity index (χ1n) is 20.0. The van der Waals surface area contributed by atoms with Gasteiger partial charge in [-0.25, -0.2) is 0 Å². The Kier molecular flexibility index (Phi) is 9.59. The second-order valence-corrected chi connectivity index (χ2v) is 17.5. The molecule has 11 nitrogen and oxygen atoms in total. The van der Waals surface area contributed by atoms with Crippen LogP contribution in [-0.2, 0) is 42.7 Å². The van der Waals surface area contributed by atoms with Crippen LogP contribution >= 0.6 is 0 Å². The summed E-state index contributed by atoms with van der Waals surface area (Å²) in [5, 5.41) is 20.0. The number of ether oxygens (including phenoxy) is 8. The molecule has 1 spiro atoms. The van der Waals surface area contributed by atoms with Gasteiger partial charge in [0, 0.05) is 38.5 Å². The van der Waals surface area contributed by atoms with Crippen molar-refractivity contribution in [3.63, 3.8) is 0 Å². The molecule has 10 aliphatic heterocycles. The normalized spacial score (nSPS) is 53.2. The van der Waals surface area contributed by atoms with Crippen molar-refractivity contribution in [2.24, 2.45) is 17.8 Å². The molecule has 0 aliphatic carbocycles. The highest BCUT2D eigenvalue weighted by Crippen LogP contribution is 2.54. The van der Waals surface area contributed by atoms with Gasteiger partial charge in [-0.15, -0.1) is 0 Å². The summed E-state index contributed by atoms with van der Waals surface area (Å²) in [6.07, 6.45) is 5.65. The molecule has 0 saturated carbocycles. The zero-order valence-electron chi connectivity index (χ0n) is 30.3. The lowest BCUT2D eigenvalue weighted by Gasteiger charge is -2.47. The van der Waals surface area contributed by atoms with Crippen molar-refractivity contribution >= 4 is 5.78 Å². The fraction of sp³-hybridized carbons (Fsp3) is 0.875. The zero-order valence-corrected chi connectivity index (χ0v) is 30.3. The maximum absolute atomic E-state index is 14.0. The Morgan fingerprint density at radius 2 is 1.49 bits per heavy atom. The Hall–Kier alpha value is -1.25. The molecule has 19 atom stereocenters. The van der Waals surface area contributed by atoms with Gasteiger partial charge in [-0.1, -0.05) is 27.0 Å². The Morgan fingerprint density at radius 1 is 0.745 bits per heavy atom. The average molecular weight is 715 g/mol. The van der Waals surface area contributed by atoms with E-state index in [1.54, 1.807) is 0 Å². The molecule has 284 valence electrons. The van der Waals surface area contributed by atoms with E-state index in [-0.39, 0.29) is 110 Å². The second-order valence-electron chi connectivity index (χ2n) is 17.5. The summed E-state index contributed by atoms with van der Waals surface area (Å²) in [4.78, 5) is 14.0. The molecule has 10 aliphatic rings. The van der Waals surface area contributed by atoms with Crippen molar-refractivity contribution in [3.05, 3.63) is 24.3 Å². The van der Waals surface area contributed by atoms with Crippen molar-refractivity contribution in [2.75, 3.05) is 6.61 Å². The van der Waals surface area contributed by atoms with Crippen molar-refractivity contribution in [1.29, 1.82) is 0 Å². The van der Waals surface area contributed by atoms with Crippen LogP contribution in [0.25, 0.3) is 0 Å². The molecule has 10 fully saturated rings. The topological polar surface area (TPSA) is 131 Å². The lowest BCUT2D eigenvalue weighted by Crippen LogP contribution is -2.61. The van der Waals surface area contributed by atoms with Gasteiger partial charge < -0.3 is 48.1 Å². The minimum atomic E-state index is -0.872. The van der Waals surface area contributed by atoms with Crippen LogP contribution in [-0.4, -0.2) is 120 Å². The standard InChI is InChI=1S/C40H58O11/c1-19-11-25-5-7-29-20(2)12-27(44-29)9-10-40-17-34-36(50-40)37-38(49-34)39(51-40)35-30(48-37)8-6-26(46-35)13-23(42)14-28-22(4)31(15-24(43)18-41)47-33(28)16-32(45-25)21(19)3/h19,22,24-39,41,43H,2-3,5-18H2,1,4H3. The molecule has 0 aromatic heterocycles. The van der Waals surface area contributed by atoms with E-state index in [4.69, 9.17) is 37.9 Å². The van der Waals surface area contributed by atoms with Crippen molar-refractivity contribution in [2.45, 2.75) is 195 Å². The Balaban J connectivity index is 0.986. The number of carbonyl (C=O) groups excluding carboxylic acids is 1. The van der Waals surface area contributed by atoms with Crippen LogP contribution in [0.4, 0.5) is 0 Å². The monoisotopic (exact) mass is 714 g/mol. The third-order valence-corrected chi connectivity index (χ3v) is 14.1. The van der Waals surface area contributed by atoms with E-state index in [0.29, 0.717) is 44.4 Å². The molecule has 10 rings (SSSR count). The van der Waals surface area contributed by atoms with Crippen LogP contribution in [0.2, 0.25) is 0 Å². The van der Waals surface area contributed by atoms with E-state index in [9.17, 15) is 15.0 Å². The fourth-order valence-electron chi connectivity index (χ4n) is 11.3. The molecule has 10 heterocycles. The molecule has 0 aromatic carbocycles. The van der Waals surface area contributed by atoms with E-state index in [0.717, 1.165) is 56.1 Å². The SMILES string of the molecule is C=C1CC2CCC34CC5OC6C(OC7CCC(CC(=O)CC8C(CC9OC(CCC1O2)CC(C)C9=C)OC(CC(O)CO)C8C)OC7C6O3)C5O4. The Bertz CT molecular complexity index is 1360. The molecule has 0 aromatic rings. The lowest BCUT2D eigenvalue weighted by atomic mass is 9.79. The van der Waals surface area contributed by atoms with Crippen LogP contribution < -0.4 is 0 Å². The zero-order chi connectivity index (χ0) is 35.2. The van der Waals surface area contributed by atoms with Crippen molar-refractivity contribution in [1.82, 2.24) is 0 Å². The van der Waals surface area contributed by atoms with Crippen LogP contribution in [0.15, 0.2) is 24.3 Å². The van der Waals surface area contributed by atoms with Gasteiger partial charge >= 0.3 is 0 Å². The van der Waals surface area contributed by atoms with Gasteiger partial charge in [0.25, 0.3) is 0 Å². The van der Waals surface area contributed by atoms with Gasteiger partial charge in [0.15, 0.2) is 5.79 Å². The average Bonchev–Trinajstić information content (AvgIpc) is 3.77. The molecule has 2 N–H and O–H groups in total. The summed E-state index contributed by atoms with van der Waals surface area (Å²) in [5.74, 6) is -0.367. The molecular formula is C40H58O11. The first-order chi connectivity index (χ1) is 24.6. The first kappa shape index (κ1) is 35.5. The van der Waals surface area contributed by atoms with Crippen LogP contribution in [0.5, 0.6) is 0 Å². The predicted molar refractivity (Wildman–Crippen MR) is 183 cm³/mol. The van der Waals surface area contributed by atoms with Gasteiger partial charge in [-0.2, -0.15) is 0 Å². The molecule has 51 heavy (non-hydrogen) atoms. The van der Waals surface area contributed by atoms with E-state index in [2.05, 4.69) is 27.0 Å². The third kappa shape index (κ3) is 6.53. The molecule has 0 radical (unpaired) electrons. The van der Waals surface area contributed by atoms with Gasteiger partial charge in [0.1, 0.15) is 36.3 Å². The summed E-state index contributed by atoms with van der Waals surface area (Å²) < 4.78 is 53.9. The second kappa shape index (κ2) is 13.8. The van der Waals surface area contributed by atoms with Crippen LogP contribution in [0, 0.1) is 17.8 Å². The van der Waals surface area contributed by atoms with Crippen LogP contribution in [0.1, 0.15) is 97.3 Å². The maximum atomic E-state index is 14.0. The van der Waals surface area contributed by atoms with Gasteiger partial charge in [0.2, 0.25) is 0 Å². The summed E-state index contributed by atoms with van der Waals surface area (Å²) in [6, 6.07) is 0. The molecule has 0 amide bonds. The van der Waals surface area contributed by atoms with Gasteiger partial charge in [-0.3, -0.25) is 4.79 Å². The fourth-order valence-corrected chi connectivity index (χ4v) is 11.3. The Morgan fingerprint density at radius 3 is 2.33 bits per heavy atom. The molecular weight excluding hydrogens is 656 g/mol. The highest BCUT2D eigenvalue weighted by molar-refractivity contribution is 5.79. The Labute approximate surface area is 301 Å². The predicted octanol–water partition coefficient (Wildman–Crippen LogP) is 4.09. The minimum absolute atomic E-state index is 0.00894. The number of aliphatic hydroxyl groups is 2. The smallest absolute Gasteiger partial charge is 0.172 e. The summed E-state index contributed by atoms with van der Waals surface area (Å²) in [6.45, 7) is 12.9. The number of hydrogen-bond donors (Lipinski definition) is 2. The van der Waals surface area contributed by atoms with E-state index < -0.39 is 11.9 Å². The summed E-state index contributed by atoms with van der Waals surface area (Å²) in [7, 11) is 0. The number of Topliss-reactive ketones (excluding diaryl/α,β-unsaturated/α-hetero) is 1. The summed E-state index contributed by atoms with van der Waals surface area (Å²) >= 11 is 0. The van der Waals surface area contributed by atoms with Crippen molar-refractivity contribution < 1.29 is 52.9 Å². The van der Waals surface area contributed by atoms with Crippen LogP contribution in [0.3, 0.4) is 0 Å². The number of aliphatic hydroxyl groups excluding tert-OH is 2. The quantitative estimate of drug-likeness (QED) is 0.410. The van der Waals surface area contributed by atoms with E-state index in [1.807, 2.05) is 0 Å². The van der Waals surface area contributed by atoms with Crippen molar-refractivity contribution in [3.8, 4) is 0 Å². The number of carbonyl (C=O) groups is 1. The van der Waals surface area contributed by atoms with E-state index in [1.165, 1.54) is 0 Å². The highest BCUT2D eigenvalue weighted by Gasteiger charge is 2.68. The van der Waals surface area contributed by atoms with Gasteiger partial charge in [0.05, 0.1) is 67.6 Å². The minimum Gasteiger partial charge on any atom is -0.394 e. The van der Waals surface area contributed by atoms with Gasteiger partial charge in [-0.05, 0) is 73.8 Å². The van der Waals surface area contributed by atoms with E-state index >= 15 is 0 Å². The number of hydrogen-bond acceptors (Lipinski definition) is 11. The number of rotatable bonds is 3. The highest BCUT2D eigenvalue weighted by atomic mass is 16.8. The number of fused-ring (bicyclic) bond motifs is 6. The molecule has 19 unspecified atom stereocenters. The molecule has 12 bridgehead atoms. The third-order valence-electron chi connectivity index (χ3n) is 14.1. The number of ketones is 1. The lowest BCUT2D eigenvalue weighted by molar-refractivity contribution is -0.292. The summed E-state index contributed by atoms with van der Waals surface area (Å²) in [5.41, 5.74) is 2.22. The largest absolute Gasteiger partial charge is 0.394 e. The first-order valence-corrected chi connectivity index (χ1v) is 20.0.